The van der Waals surface area contributed by atoms with Crippen LogP contribution >= 0.6 is 0 Å². The monoisotopic (exact) mass is 612 g/mol. The second-order valence-corrected chi connectivity index (χ2v) is 12.2. The molecule has 1 rings (SSSR count). The number of likely N-dealkylation sites (N-methyl/N-ethyl adjacent to an activating group) is 1. The molecule has 1 aliphatic rings. The fourth-order valence-electron chi connectivity index (χ4n) is 5.25. The molecule has 6 N–H and O–H groups in total. The van der Waals surface area contributed by atoms with Crippen molar-refractivity contribution in [1.29, 1.82) is 0 Å². The first kappa shape index (κ1) is 40.4. The van der Waals surface area contributed by atoms with Gasteiger partial charge in [0.25, 0.3) is 0 Å². The molecule has 6 atom stereocenters. The van der Waals surface area contributed by atoms with Crippen LogP contribution in [-0.2, 0) is 14.3 Å². The molecular formula is C30H61ClN2O8. The Morgan fingerprint density at radius 2 is 1.39 bits per heavy atom. The van der Waals surface area contributed by atoms with Crippen molar-refractivity contribution in [3.8, 4) is 0 Å². The largest absolute Gasteiger partial charge is 1.00 e. The maximum absolute atomic E-state index is 12.1. The lowest BCUT2D eigenvalue weighted by Crippen LogP contribution is -3.00. The standard InChI is InChI=1S/C30H60N2O8.ClH/c1-4-5-6-7-8-9-10-11-12-13-14-15-16-18-26(35)31-19-17-20-32(2,3)21-24(34)23-39-30-29(38)28(37)27(36)25(22-33)40-30;/h24-25,27-30,33-34,36-38H,4-23H2,1-3H3;1H. The van der Waals surface area contributed by atoms with E-state index in [4.69, 9.17) is 9.47 Å². The van der Waals surface area contributed by atoms with Crippen LogP contribution in [0.3, 0.4) is 0 Å². The van der Waals surface area contributed by atoms with Crippen LogP contribution in [-0.4, -0.2) is 120 Å². The van der Waals surface area contributed by atoms with E-state index in [2.05, 4.69) is 12.2 Å². The van der Waals surface area contributed by atoms with Crippen LogP contribution < -0.4 is 17.7 Å². The summed E-state index contributed by atoms with van der Waals surface area (Å²) in [5.41, 5.74) is 0. The number of carbonyl (C=O) groups is 1. The van der Waals surface area contributed by atoms with Crippen LogP contribution in [0.2, 0.25) is 0 Å². The molecule has 0 aromatic heterocycles. The van der Waals surface area contributed by atoms with Crippen molar-refractivity contribution >= 4 is 5.91 Å². The number of nitrogens with one attached hydrogen (secondary N) is 1. The lowest BCUT2D eigenvalue weighted by molar-refractivity contribution is -0.893. The van der Waals surface area contributed by atoms with Crippen molar-refractivity contribution < 1.29 is 56.7 Å². The lowest BCUT2D eigenvalue weighted by Gasteiger charge is -2.40. The Labute approximate surface area is 254 Å². The maximum Gasteiger partial charge on any atom is 0.219 e. The van der Waals surface area contributed by atoms with Crippen molar-refractivity contribution in [2.45, 2.75) is 140 Å². The van der Waals surface area contributed by atoms with Gasteiger partial charge in [-0.1, -0.05) is 84.0 Å². The van der Waals surface area contributed by atoms with Gasteiger partial charge in [-0.15, -0.1) is 0 Å². The van der Waals surface area contributed by atoms with Crippen LogP contribution in [0.15, 0.2) is 0 Å². The van der Waals surface area contributed by atoms with Crippen molar-refractivity contribution in [1.82, 2.24) is 5.32 Å². The van der Waals surface area contributed by atoms with Gasteiger partial charge >= 0.3 is 0 Å². The number of carbonyl (C=O) groups excluding carboxylic acids is 1. The van der Waals surface area contributed by atoms with Gasteiger partial charge in [0.05, 0.1) is 33.9 Å². The Morgan fingerprint density at radius 3 is 1.93 bits per heavy atom. The summed E-state index contributed by atoms with van der Waals surface area (Å²) in [6, 6.07) is 0. The SMILES string of the molecule is CCCCCCCCCCCCCCCC(=O)NCCC[N+](C)(C)CC(O)COC1OC(CO)C(O)C(O)C1O.[Cl-]. The maximum atomic E-state index is 12.1. The van der Waals surface area contributed by atoms with Gasteiger partial charge in [-0.25, -0.2) is 0 Å². The number of aliphatic hydroxyl groups is 5. The Kier molecular flexibility index (Phi) is 23.5. The molecule has 1 heterocycles. The first-order valence-electron chi connectivity index (χ1n) is 15.8. The number of quaternary nitrogens is 1. The van der Waals surface area contributed by atoms with Gasteiger partial charge in [-0.3, -0.25) is 4.79 Å². The topological polar surface area (TPSA) is 149 Å². The number of amides is 1. The highest BCUT2D eigenvalue weighted by atomic mass is 35.5. The normalized spacial score (nSPS) is 23.7. The summed E-state index contributed by atoms with van der Waals surface area (Å²) in [5.74, 6) is 0.0985. The predicted molar refractivity (Wildman–Crippen MR) is 156 cm³/mol. The summed E-state index contributed by atoms with van der Waals surface area (Å²) in [6.45, 7) is 3.30. The number of halogens is 1. The van der Waals surface area contributed by atoms with Crippen molar-refractivity contribution in [2.24, 2.45) is 0 Å². The van der Waals surface area contributed by atoms with E-state index in [1.165, 1.54) is 70.6 Å². The summed E-state index contributed by atoms with van der Waals surface area (Å²) in [7, 11) is 3.96. The summed E-state index contributed by atoms with van der Waals surface area (Å²) >= 11 is 0. The highest BCUT2D eigenvalue weighted by Gasteiger charge is 2.44. The van der Waals surface area contributed by atoms with E-state index >= 15 is 0 Å². The number of hydrogen-bond acceptors (Lipinski definition) is 8. The van der Waals surface area contributed by atoms with Crippen LogP contribution in [0.4, 0.5) is 0 Å². The van der Waals surface area contributed by atoms with Crippen molar-refractivity contribution in [2.75, 3.05) is 46.9 Å². The molecule has 1 amide bonds. The van der Waals surface area contributed by atoms with Crippen LogP contribution in [0.25, 0.3) is 0 Å². The van der Waals surface area contributed by atoms with E-state index in [0.29, 0.717) is 24.0 Å². The molecule has 0 spiro atoms. The second kappa shape index (κ2) is 23.8. The summed E-state index contributed by atoms with van der Waals surface area (Å²) < 4.78 is 11.2. The Morgan fingerprint density at radius 1 is 0.854 bits per heavy atom. The number of nitrogens with zero attached hydrogens (tertiary/aromatic N) is 1. The molecule has 10 nitrogen and oxygen atoms in total. The fraction of sp³-hybridized carbons (Fsp3) is 0.967. The minimum atomic E-state index is -1.51. The van der Waals surface area contributed by atoms with Crippen LogP contribution in [0.1, 0.15) is 103 Å². The fourth-order valence-corrected chi connectivity index (χ4v) is 5.25. The Hall–Kier alpha value is -0.560. The highest BCUT2D eigenvalue weighted by Crippen LogP contribution is 2.22. The zero-order chi connectivity index (χ0) is 29.8. The third-order valence-corrected chi connectivity index (χ3v) is 7.78. The van der Waals surface area contributed by atoms with Crippen LogP contribution in [0, 0.1) is 0 Å². The van der Waals surface area contributed by atoms with E-state index in [1.807, 2.05) is 14.1 Å². The molecule has 0 radical (unpaired) electrons. The van der Waals surface area contributed by atoms with E-state index in [-0.39, 0.29) is 24.9 Å². The Bertz CT molecular complexity index is 644. The molecule has 0 saturated carbocycles. The average molecular weight is 613 g/mol. The van der Waals surface area contributed by atoms with Crippen molar-refractivity contribution in [3.63, 3.8) is 0 Å². The minimum absolute atomic E-state index is 0. The number of ether oxygens (including phenoxy) is 2. The second-order valence-electron chi connectivity index (χ2n) is 12.2. The van der Waals surface area contributed by atoms with E-state index in [0.717, 1.165) is 25.8 Å². The number of unbranched alkanes of at least 4 members (excludes halogenated alkanes) is 12. The van der Waals surface area contributed by atoms with E-state index < -0.39 is 43.4 Å². The van der Waals surface area contributed by atoms with Crippen LogP contribution in [0.5, 0.6) is 0 Å². The lowest BCUT2D eigenvalue weighted by atomic mass is 9.99. The highest BCUT2D eigenvalue weighted by molar-refractivity contribution is 5.75. The molecule has 0 aromatic carbocycles. The number of hydrogen-bond donors (Lipinski definition) is 6. The Balaban J connectivity index is 0.0000160. The summed E-state index contributed by atoms with van der Waals surface area (Å²) in [5, 5.41) is 52.4. The first-order chi connectivity index (χ1) is 19.1. The van der Waals surface area contributed by atoms with Gasteiger partial charge in [0.2, 0.25) is 5.91 Å². The average Bonchev–Trinajstić information content (AvgIpc) is 2.91. The molecule has 0 bridgehead atoms. The van der Waals surface area contributed by atoms with Crippen molar-refractivity contribution in [3.05, 3.63) is 0 Å². The van der Waals surface area contributed by atoms with Gasteiger partial charge in [-0.05, 0) is 6.42 Å². The predicted octanol–water partition coefficient (Wildman–Crippen LogP) is -0.768. The van der Waals surface area contributed by atoms with Gasteiger partial charge in [-0.2, -0.15) is 0 Å². The molecule has 41 heavy (non-hydrogen) atoms. The first-order valence-corrected chi connectivity index (χ1v) is 15.8. The molecule has 11 heteroatoms. The van der Waals surface area contributed by atoms with Gasteiger partial charge in [0.1, 0.15) is 37.1 Å². The minimum Gasteiger partial charge on any atom is -1.00 e. The summed E-state index contributed by atoms with van der Waals surface area (Å²) in [6.07, 6.45) is 10.5. The third kappa shape index (κ3) is 18.7. The molecular weight excluding hydrogens is 552 g/mol. The van der Waals surface area contributed by atoms with Gasteiger partial charge in [0.15, 0.2) is 6.29 Å². The smallest absolute Gasteiger partial charge is 0.219 e. The molecule has 1 fully saturated rings. The quantitative estimate of drug-likeness (QED) is 0.0615. The van der Waals surface area contributed by atoms with E-state index in [9.17, 15) is 30.3 Å². The molecule has 1 aliphatic heterocycles. The molecule has 0 aromatic rings. The molecule has 6 unspecified atom stereocenters. The third-order valence-electron chi connectivity index (χ3n) is 7.78. The number of rotatable bonds is 24. The molecule has 0 aliphatic carbocycles. The zero-order valence-electron chi connectivity index (χ0n) is 25.9. The molecule has 246 valence electrons. The summed E-state index contributed by atoms with van der Waals surface area (Å²) in [4.78, 5) is 12.1. The number of aliphatic hydroxyl groups excluding tert-OH is 5. The zero-order valence-corrected chi connectivity index (χ0v) is 26.6. The van der Waals surface area contributed by atoms with Gasteiger partial charge in [0, 0.05) is 19.4 Å². The molecule has 1 saturated heterocycles. The van der Waals surface area contributed by atoms with E-state index in [1.54, 1.807) is 0 Å². The van der Waals surface area contributed by atoms with Gasteiger partial charge < -0.3 is 57.2 Å².